The molecule has 0 saturated carbocycles. The molecule has 0 atom stereocenters. The van der Waals surface area contributed by atoms with Gasteiger partial charge in [-0.2, -0.15) is 0 Å². The number of carbonyl (C=O) groups is 1. The van der Waals surface area contributed by atoms with Crippen LogP contribution in [0.5, 0.6) is 17.2 Å². The molecule has 28 heavy (non-hydrogen) atoms. The molecule has 0 unspecified atom stereocenters. The van der Waals surface area contributed by atoms with Crippen LogP contribution in [-0.2, 0) is 33.9 Å². The molecule has 1 heterocycles. The van der Waals surface area contributed by atoms with Gasteiger partial charge in [-0.15, -0.1) is 0 Å². The lowest BCUT2D eigenvalue weighted by molar-refractivity contribution is -0.385. The van der Waals surface area contributed by atoms with Crippen molar-refractivity contribution in [3.05, 3.63) is 57.1 Å². The predicted octanol–water partition coefficient (Wildman–Crippen LogP) is 2.76. The molecule has 0 aliphatic carbocycles. The van der Waals surface area contributed by atoms with Gasteiger partial charge in [0.2, 0.25) is 0 Å². The minimum Gasteiger partial charge on any atom is -0.493 e. The average molecular weight is 389 g/mol. The van der Waals surface area contributed by atoms with E-state index in [1.54, 1.807) is 18.2 Å². The van der Waals surface area contributed by atoms with E-state index >= 15 is 0 Å². The highest BCUT2D eigenvalue weighted by molar-refractivity contribution is 5.73. The summed E-state index contributed by atoms with van der Waals surface area (Å²) in [4.78, 5) is 22.8. The van der Waals surface area contributed by atoms with Crippen LogP contribution in [0.2, 0.25) is 0 Å². The Balaban J connectivity index is 1.71. The number of esters is 1. The van der Waals surface area contributed by atoms with Crippen molar-refractivity contribution < 1.29 is 33.4 Å². The molecule has 0 spiro atoms. The summed E-state index contributed by atoms with van der Waals surface area (Å²) in [6.07, 6.45) is 0.0153. The molecule has 0 saturated heterocycles. The zero-order valence-corrected chi connectivity index (χ0v) is 15.4. The third kappa shape index (κ3) is 4.32. The van der Waals surface area contributed by atoms with Gasteiger partial charge in [0.15, 0.2) is 18.3 Å². The van der Waals surface area contributed by atoms with Crippen molar-refractivity contribution in [1.29, 1.82) is 0 Å². The number of nitrogens with zero attached hydrogens (tertiary/aromatic N) is 1. The van der Waals surface area contributed by atoms with Crippen LogP contribution in [0.15, 0.2) is 30.3 Å². The Hall–Kier alpha value is -3.33. The van der Waals surface area contributed by atoms with Crippen LogP contribution in [0.4, 0.5) is 5.69 Å². The van der Waals surface area contributed by atoms with Crippen LogP contribution >= 0.6 is 0 Å². The number of nitro groups is 1. The van der Waals surface area contributed by atoms with E-state index in [2.05, 4.69) is 0 Å². The third-order valence-electron chi connectivity index (χ3n) is 4.17. The van der Waals surface area contributed by atoms with Crippen LogP contribution in [0.1, 0.15) is 16.7 Å². The summed E-state index contributed by atoms with van der Waals surface area (Å²) in [6, 6.07) is 7.86. The fraction of sp³-hybridized carbons (Fsp3) is 0.316. The summed E-state index contributed by atoms with van der Waals surface area (Å²) in [7, 11) is 3.04. The van der Waals surface area contributed by atoms with Crippen LogP contribution in [-0.4, -0.2) is 31.9 Å². The van der Waals surface area contributed by atoms with E-state index in [0.717, 1.165) is 0 Å². The minimum absolute atomic E-state index is 0.0153. The van der Waals surface area contributed by atoms with Gasteiger partial charge in [0, 0.05) is 23.3 Å². The maximum atomic E-state index is 12.2. The first-order valence-electron chi connectivity index (χ1n) is 8.39. The number of benzene rings is 2. The molecule has 1 aliphatic rings. The summed E-state index contributed by atoms with van der Waals surface area (Å²) in [5.74, 6) is 1.03. The fourth-order valence-corrected chi connectivity index (χ4v) is 2.86. The maximum Gasteiger partial charge on any atom is 0.310 e. The maximum absolute atomic E-state index is 12.2. The lowest BCUT2D eigenvalue weighted by Gasteiger charge is -2.20. The van der Waals surface area contributed by atoms with Crippen LogP contribution in [0, 0.1) is 10.1 Å². The van der Waals surface area contributed by atoms with E-state index < -0.39 is 10.9 Å². The van der Waals surface area contributed by atoms with E-state index in [1.165, 1.54) is 26.4 Å². The van der Waals surface area contributed by atoms with Gasteiger partial charge in [-0.3, -0.25) is 14.9 Å². The highest BCUT2D eigenvalue weighted by atomic mass is 16.7. The topological polar surface area (TPSA) is 106 Å². The Morgan fingerprint density at radius 2 is 1.96 bits per heavy atom. The number of fused-ring (bicyclic) bond motifs is 1. The van der Waals surface area contributed by atoms with Crippen molar-refractivity contribution in [2.24, 2.45) is 0 Å². The number of non-ortho nitro benzene ring substituents is 1. The predicted molar refractivity (Wildman–Crippen MR) is 96.4 cm³/mol. The number of ether oxygens (including phenoxy) is 5. The van der Waals surface area contributed by atoms with E-state index in [0.29, 0.717) is 33.9 Å². The molecule has 2 aromatic rings. The second kappa shape index (κ2) is 8.57. The molecule has 0 fully saturated rings. The van der Waals surface area contributed by atoms with Gasteiger partial charge in [-0.05, 0) is 17.7 Å². The first-order chi connectivity index (χ1) is 13.5. The van der Waals surface area contributed by atoms with Crippen molar-refractivity contribution in [1.82, 2.24) is 0 Å². The van der Waals surface area contributed by atoms with Crippen LogP contribution in [0.25, 0.3) is 0 Å². The van der Waals surface area contributed by atoms with E-state index in [4.69, 9.17) is 23.7 Å². The Kier molecular flexibility index (Phi) is 5.95. The quantitative estimate of drug-likeness (QED) is 0.404. The molecule has 148 valence electrons. The van der Waals surface area contributed by atoms with Crippen molar-refractivity contribution in [2.45, 2.75) is 19.6 Å². The summed E-state index contributed by atoms with van der Waals surface area (Å²) in [6.45, 7) is 0.0944. The summed E-state index contributed by atoms with van der Waals surface area (Å²) in [5.41, 5.74) is 1.55. The number of hydrogen-bond acceptors (Lipinski definition) is 8. The molecule has 0 N–H and O–H groups in total. The first-order valence-corrected chi connectivity index (χ1v) is 8.39. The standard InChI is InChI=1S/C19H19NO8/c1-24-16-4-3-12(5-17(16)25-2)6-18(21)27-10-14-8-15(20(22)23)7-13-9-26-11-28-19(13)14/h3-5,7-8H,6,9-11H2,1-2H3. The molecule has 9 heteroatoms. The monoisotopic (exact) mass is 389 g/mol. The molecule has 3 rings (SSSR count). The molecule has 9 nitrogen and oxygen atoms in total. The van der Waals surface area contributed by atoms with Crippen LogP contribution < -0.4 is 14.2 Å². The van der Waals surface area contributed by atoms with E-state index in [1.807, 2.05) is 0 Å². The van der Waals surface area contributed by atoms with Gasteiger partial charge in [0.05, 0.1) is 32.2 Å². The zero-order chi connectivity index (χ0) is 20.1. The van der Waals surface area contributed by atoms with Crippen molar-refractivity contribution in [3.8, 4) is 17.2 Å². The number of rotatable bonds is 7. The van der Waals surface area contributed by atoms with Crippen LogP contribution in [0.3, 0.4) is 0 Å². The number of methoxy groups -OCH3 is 2. The highest BCUT2D eigenvalue weighted by Gasteiger charge is 2.22. The molecular formula is C19H19NO8. The average Bonchev–Trinajstić information content (AvgIpc) is 2.71. The van der Waals surface area contributed by atoms with Gasteiger partial charge < -0.3 is 23.7 Å². The van der Waals surface area contributed by atoms with E-state index in [9.17, 15) is 14.9 Å². The number of nitro benzene ring substituents is 1. The Morgan fingerprint density at radius 1 is 1.18 bits per heavy atom. The van der Waals surface area contributed by atoms with Gasteiger partial charge in [-0.1, -0.05) is 6.07 Å². The summed E-state index contributed by atoms with van der Waals surface area (Å²) >= 11 is 0. The summed E-state index contributed by atoms with van der Waals surface area (Å²) < 4.78 is 26.3. The second-order valence-corrected chi connectivity index (χ2v) is 5.99. The Bertz CT molecular complexity index is 896. The van der Waals surface area contributed by atoms with Crippen molar-refractivity contribution in [3.63, 3.8) is 0 Å². The molecule has 2 aromatic carbocycles. The highest BCUT2D eigenvalue weighted by Crippen LogP contribution is 2.33. The van der Waals surface area contributed by atoms with E-state index in [-0.39, 0.29) is 32.1 Å². The molecule has 0 amide bonds. The van der Waals surface area contributed by atoms with Gasteiger partial charge in [0.25, 0.3) is 5.69 Å². The lowest BCUT2D eigenvalue weighted by Crippen LogP contribution is -2.15. The second-order valence-electron chi connectivity index (χ2n) is 5.99. The first kappa shape index (κ1) is 19.4. The molecule has 0 aromatic heterocycles. The molecule has 0 radical (unpaired) electrons. The Morgan fingerprint density at radius 3 is 2.68 bits per heavy atom. The van der Waals surface area contributed by atoms with Crippen molar-refractivity contribution >= 4 is 11.7 Å². The smallest absolute Gasteiger partial charge is 0.310 e. The number of hydrogen-bond donors (Lipinski definition) is 0. The van der Waals surface area contributed by atoms with Gasteiger partial charge >= 0.3 is 5.97 Å². The largest absolute Gasteiger partial charge is 0.493 e. The normalized spacial score (nSPS) is 12.5. The molecule has 0 bridgehead atoms. The molecular weight excluding hydrogens is 370 g/mol. The zero-order valence-electron chi connectivity index (χ0n) is 15.4. The third-order valence-corrected chi connectivity index (χ3v) is 4.17. The summed E-state index contributed by atoms with van der Waals surface area (Å²) in [5, 5.41) is 11.1. The lowest BCUT2D eigenvalue weighted by atomic mass is 10.1. The fourth-order valence-electron chi connectivity index (χ4n) is 2.86. The van der Waals surface area contributed by atoms with Gasteiger partial charge in [-0.25, -0.2) is 0 Å². The Labute approximate surface area is 160 Å². The number of carbonyl (C=O) groups excluding carboxylic acids is 1. The minimum atomic E-state index is -0.510. The van der Waals surface area contributed by atoms with Gasteiger partial charge in [0.1, 0.15) is 12.4 Å². The van der Waals surface area contributed by atoms with Crippen molar-refractivity contribution in [2.75, 3.05) is 21.0 Å². The SMILES string of the molecule is COc1ccc(CC(=O)OCc2cc([N+](=O)[O-])cc3c2OCOC3)cc1OC. The molecule has 1 aliphatic heterocycles.